The van der Waals surface area contributed by atoms with Crippen molar-refractivity contribution in [2.75, 3.05) is 0 Å². The van der Waals surface area contributed by atoms with E-state index in [4.69, 9.17) is 0 Å². The fraction of sp³-hybridized carbons (Fsp3) is 0.565. The van der Waals surface area contributed by atoms with Gasteiger partial charge in [0.25, 0.3) is 0 Å². The van der Waals surface area contributed by atoms with Crippen molar-refractivity contribution in [2.45, 2.75) is 78.1 Å². The van der Waals surface area contributed by atoms with Crippen molar-refractivity contribution in [1.82, 2.24) is 9.97 Å². The molecule has 0 radical (unpaired) electrons. The first-order valence-electron chi connectivity index (χ1n) is 10.2. The highest BCUT2D eigenvalue weighted by Gasteiger charge is 2.21. The fourth-order valence-corrected chi connectivity index (χ4v) is 4.01. The van der Waals surface area contributed by atoms with Gasteiger partial charge in [-0.1, -0.05) is 51.8 Å². The van der Waals surface area contributed by atoms with Crippen molar-refractivity contribution in [3.63, 3.8) is 0 Å². The number of aromatic nitrogens is 2. The molecule has 1 saturated carbocycles. The van der Waals surface area contributed by atoms with Crippen LogP contribution < -0.4 is 0 Å². The van der Waals surface area contributed by atoms with Crippen molar-refractivity contribution in [3.05, 3.63) is 58.0 Å². The van der Waals surface area contributed by atoms with E-state index in [1.807, 2.05) is 12.4 Å². The molecule has 0 bridgehead atoms. The first-order valence-corrected chi connectivity index (χ1v) is 10.2. The third-order valence-corrected chi connectivity index (χ3v) is 5.87. The molecule has 134 valence electrons. The lowest BCUT2D eigenvalue weighted by Gasteiger charge is -2.27. The van der Waals surface area contributed by atoms with Gasteiger partial charge >= 0.3 is 0 Å². The van der Waals surface area contributed by atoms with Gasteiger partial charge in [-0.25, -0.2) is 9.97 Å². The zero-order valence-electron chi connectivity index (χ0n) is 16.1. The van der Waals surface area contributed by atoms with Crippen LogP contribution in [0.25, 0.3) is 0 Å². The Kier molecular flexibility index (Phi) is 6.23. The SMILES string of the molecule is CCCc1cc2ccc1=2.CCc1ncc(C2CCC(CC)CC2)cn1. The molecule has 0 spiro atoms. The highest BCUT2D eigenvalue weighted by molar-refractivity contribution is 5.33. The van der Waals surface area contributed by atoms with Crippen LogP contribution in [-0.2, 0) is 12.8 Å². The van der Waals surface area contributed by atoms with Gasteiger partial charge in [0.2, 0.25) is 0 Å². The summed E-state index contributed by atoms with van der Waals surface area (Å²) < 4.78 is 0. The molecule has 0 aliphatic heterocycles. The topological polar surface area (TPSA) is 25.8 Å². The van der Waals surface area contributed by atoms with Crippen molar-refractivity contribution in [3.8, 4) is 0 Å². The molecule has 25 heavy (non-hydrogen) atoms. The lowest BCUT2D eigenvalue weighted by molar-refractivity contribution is 0.318. The quantitative estimate of drug-likeness (QED) is 0.574. The maximum Gasteiger partial charge on any atom is 0.127 e. The smallest absolute Gasteiger partial charge is 0.127 e. The minimum atomic E-state index is 0.716. The molecule has 1 aromatic rings. The van der Waals surface area contributed by atoms with Gasteiger partial charge in [-0.05, 0) is 65.5 Å². The number of hydrogen-bond acceptors (Lipinski definition) is 2. The van der Waals surface area contributed by atoms with Crippen LogP contribution in [0.5, 0.6) is 0 Å². The summed E-state index contributed by atoms with van der Waals surface area (Å²) >= 11 is 0. The van der Waals surface area contributed by atoms with Crippen LogP contribution in [0.3, 0.4) is 0 Å². The van der Waals surface area contributed by atoms with E-state index in [-0.39, 0.29) is 0 Å². The summed E-state index contributed by atoms with van der Waals surface area (Å²) in [5.74, 6) is 2.65. The summed E-state index contributed by atoms with van der Waals surface area (Å²) in [6.07, 6.45) is 14.3. The molecule has 3 aliphatic rings. The van der Waals surface area contributed by atoms with E-state index in [1.165, 1.54) is 60.9 Å². The van der Waals surface area contributed by atoms with Crippen LogP contribution in [-0.4, -0.2) is 9.97 Å². The predicted molar refractivity (Wildman–Crippen MR) is 105 cm³/mol. The number of aryl methyl sites for hydroxylation is 2. The lowest BCUT2D eigenvalue weighted by atomic mass is 9.78. The van der Waals surface area contributed by atoms with E-state index in [2.05, 4.69) is 48.9 Å². The summed E-state index contributed by atoms with van der Waals surface area (Å²) in [6.45, 7) is 6.63. The standard InChI is InChI=1S/C14H22N2.C9H10/c1-3-11-5-7-12(8-6-11)13-9-15-14(4-2)16-10-13;1-2-3-7-6-8-4-5-9(7)8/h9-12H,3-8H2,1-2H3;4-6H,2-3H2,1H3. The number of rotatable bonds is 5. The molecule has 2 nitrogen and oxygen atoms in total. The Bertz CT molecular complexity index is 756. The van der Waals surface area contributed by atoms with Gasteiger partial charge in [-0.2, -0.15) is 0 Å². The average Bonchev–Trinajstić information content (AvgIpc) is 2.66. The zero-order chi connectivity index (χ0) is 17.6. The first-order chi connectivity index (χ1) is 12.2. The molecule has 0 aromatic carbocycles. The molecule has 1 fully saturated rings. The van der Waals surface area contributed by atoms with Gasteiger partial charge in [0, 0.05) is 18.8 Å². The monoisotopic (exact) mass is 336 g/mol. The Hall–Kier alpha value is -1.70. The molecule has 1 heterocycles. The maximum atomic E-state index is 4.40. The van der Waals surface area contributed by atoms with Gasteiger partial charge in [0.1, 0.15) is 5.82 Å². The van der Waals surface area contributed by atoms with Crippen molar-refractivity contribution < 1.29 is 0 Å². The van der Waals surface area contributed by atoms with E-state index >= 15 is 0 Å². The van der Waals surface area contributed by atoms with Crippen LogP contribution in [0.4, 0.5) is 0 Å². The Morgan fingerprint density at radius 2 is 1.68 bits per heavy atom. The van der Waals surface area contributed by atoms with Crippen LogP contribution in [0.15, 0.2) is 30.6 Å². The summed E-state index contributed by atoms with van der Waals surface area (Å²) in [6, 6.07) is 6.67. The second kappa shape index (κ2) is 8.60. The molecule has 0 saturated heterocycles. The molecule has 3 aliphatic carbocycles. The Labute approximate surface area is 152 Å². The van der Waals surface area contributed by atoms with Crippen molar-refractivity contribution in [2.24, 2.45) is 5.92 Å². The van der Waals surface area contributed by atoms with Gasteiger partial charge in [0.15, 0.2) is 0 Å². The van der Waals surface area contributed by atoms with E-state index in [1.54, 1.807) is 5.56 Å². The van der Waals surface area contributed by atoms with Crippen LogP contribution in [0.1, 0.15) is 82.2 Å². The van der Waals surface area contributed by atoms with E-state index in [9.17, 15) is 0 Å². The van der Waals surface area contributed by atoms with Gasteiger partial charge in [-0.15, -0.1) is 0 Å². The number of nitrogens with zero attached hydrogens (tertiary/aromatic N) is 2. The summed E-state index contributed by atoms with van der Waals surface area (Å²) in [7, 11) is 0. The first kappa shape index (κ1) is 18.1. The normalized spacial score (nSPS) is 20.6. The molecule has 0 unspecified atom stereocenters. The van der Waals surface area contributed by atoms with E-state index < -0.39 is 0 Å². The molecule has 0 N–H and O–H groups in total. The Morgan fingerprint density at radius 1 is 0.960 bits per heavy atom. The highest BCUT2D eigenvalue weighted by atomic mass is 14.9. The molecule has 4 rings (SSSR count). The average molecular weight is 337 g/mol. The van der Waals surface area contributed by atoms with Gasteiger partial charge in [0.05, 0.1) is 0 Å². The van der Waals surface area contributed by atoms with Crippen molar-refractivity contribution in [1.29, 1.82) is 0 Å². The van der Waals surface area contributed by atoms with Crippen molar-refractivity contribution >= 4 is 0 Å². The third-order valence-electron chi connectivity index (χ3n) is 5.87. The van der Waals surface area contributed by atoms with Gasteiger partial charge < -0.3 is 0 Å². The van der Waals surface area contributed by atoms with Crippen LogP contribution >= 0.6 is 0 Å². The fourth-order valence-electron chi connectivity index (χ4n) is 4.01. The Balaban J connectivity index is 0.000000170. The minimum Gasteiger partial charge on any atom is -0.241 e. The molecule has 0 atom stereocenters. The Morgan fingerprint density at radius 3 is 2.12 bits per heavy atom. The van der Waals surface area contributed by atoms with E-state index in [0.717, 1.165) is 18.2 Å². The number of hydrogen-bond donors (Lipinski definition) is 0. The zero-order valence-corrected chi connectivity index (χ0v) is 16.1. The summed E-state index contributed by atoms with van der Waals surface area (Å²) in [5.41, 5.74) is 2.92. The lowest BCUT2D eigenvalue weighted by Crippen LogP contribution is -2.13. The summed E-state index contributed by atoms with van der Waals surface area (Å²) in [4.78, 5) is 8.80. The second-order valence-corrected chi connectivity index (χ2v) is 7.53. The van der Waals surface area contributed by atoms with E-state index in [0.29, 0.717) is 5.92 Å². The molecular weight excluding hydrogens is 304 g/mol. The maximum absolute atomic E-state index is 4.40. The largest absolute Gasteiger partial charge is 0.241 e. The second-order valence-electron chi connectivity index (χ2n) is 7.53. The number of benzene rings is 1. The molecule has 2 heteroatoms. The molecular formula is C23H32N2. The predicted octanol–water partition coefficient (Wildman–Crippen LogP) is 5.96. The molecule has 0 amide bonds. The van der Waals surface area contributed by atoms with Crippen LogP contribution in [0, 0.1) is 16.4 Å². The highest BCUT2D eigenvalue weighted by Crippen LogP contribution is 2.36. The molecule has 1 aromatic heterocycles. The van der Waals surface area contributed by atoms with Gasteiger partial charge in [-0.3, -0.25) is 0 Å². The third kappa shape index (κ3) is 4.29. The van der Waals surface area contributed by atoms with Crippen LogP contribution in [0.2, 0.25) is 0 Å². The minimum absolute atomic E-state index is 0.716. The summed E-state index contributed by atoms with van der Waals surface area (Å²) in [5, 5.41) is 3.00.